The van der Waals surface area contributed by atoms with Gasteiger partial charge in [0.15, 0.2) is 5.13 Å². The summed E-state index contributed by atoms with van der Waals surface area (Å²) in [6.07, 6.45) is 0. The number of aromatic nitrogens is 1. The van der Waals surface area contributed by atoms with Crippen LogP contribution in [0.1, 0.15) is 22.1 Å². The second-order valence-corrected chi connectivity index (χ2v) is 7.68. The average molecular weight is 362 g/mol. The minimum absolute atomic E-state index is 0.0709. The fourth-order valence-electron chi connectivity index (χ4n) is 3.57. The lowest BCUT2D eigenvalue weighted by Crippen LogP contribution is -2.67. The first-order chi connectivity index (χ1) is 12.2. The van der Waals surface area contributed by atoms with Gasteiger partial charge in [0.05, 0.1) is 31.0 Å². The van der Waals surface area contributed by atoms with Crippen LogP contribution in [0.25, 0.3) is 0 Å². The van der Waals surface area contributed by atoms with Gasteiger partial charge >= 0.3 is 0 Å². The topological polar surface area (TPSA) is 57.6 Å². The summed E-state index contributed by atoms with van der Waals surface area (Å²) < 4.78 is 5.13. The van der Waals surface area contributed by atoms with Crippen molar-refractivity contribution < 1.29 is 9.84 Å². The highest BCUT2D eigenvalue weighted by atomic mass is 32.1. The molecule has 2 N–H and O–H groups in total. The number of aryl methyl sites for hydroxylation is 2. The van der Waals surface area contributed by atoms with E-state index in [1.54, 1.807) is 18.4 Å². The highest BCUT2D eigenvalue weighted by molar-refractivity contribution is 7.15. The smallest absolute Gasteiger partial charge is 0.186 e. The normalized spacial score (nSPS) is 22.9. The second-order valence-electron chi connectivity index (χ2n) is 6.50. The van der Waals surface area contributed by atoms with Crippen LogP contribution in [-0.4, -0.2) is 55.6 Å². The molecule has 0 saturated carbocycles. The maximum Gasteiger partial charge on any atom is 0.186 e. The number of aliphatic hydroxyl groups excluding tert-OH is 1. The number of hydrogen-bond donors (Lipinski definition) is 2. The molecule has 3 atom stereocenters. The van der Waals surface area contributed by atoms with Crippen LogP contribution in [0.4, 0.5) is 5.13 Å². The summed E-state index contributed by atoms with van der Waals surface area (Å²) in [5.41, 5.74) is 2.35. The number of anilines is 1. The van der Waals surface area contributed by atoms with E-state index in [9.17, 15) is 5.11 Å². The molecule has 0 aliphatic carbocycles. The van der Waals surface area contributed by atoms with Gasteiger partial charge in [-0.1, -0.05) is 30.3 Å². The lowest BCUT2D eigenvalue weighted by molar-refractivity contribution is 0.162. The van der Waals surface area contributed by atoms with Gasteiger partial charge in [-0.2, -0.15) is 0 Å². The lowest BCUT2D eigenvalue weighted by Gasteiger charge is -2.55. The van der Waals surface area contributed by atoms with E-state index in [1.807, 2.05) is 13.0 Å². The van der Waals surface area contributed by atoms with E-state index in [2.05, 4.69) is 41.4 Å². The SMILES string of the molecule is COCCNC[C@@H]1[C@H](c2ccccc2)[C@H](CO)N1c1nc(C)c(C)s1. The molecule has 1 saturated heterocycles. The van der Waals surface area contributed by atoms with Gasteiger partial charge in [0, 0.05) is 31.0 Å². The Morgan fingerprint density at radius 1 is 1.24 bits per heavy atom. The van der Waals surface area contributed by atoms with Crippen LogP contribution in [-0.2, 0) is 4.74 Å². The molecule has 0 radical (unpaired) electrons. The molecular weight excluding hydrogens is 334 g/mol. The molecule has 2 aromatic rings. The van der Waals surface area contributed by atoms with Gasteiger partial charge in [-0.05, 0) is 19.4 Å². The van der Waals surface area contributed by atoms with Gasteiger partial charge < -0.3 is 20.1 Å². The van der Waals surface area contributed by atoms with Gasteiger partial charge in [-0.3, -0.25) is 0 Å². The minimum Gasteiger partial charge on any atom is -0.394 e. The van der Waals surface area contributed by atoms with E-state index in [0.29, 0.717) is 12.5 Å². The maximum atomic E-state index is 10.0. The Morgan fingerprint density at radius 3 is 2.60 bits per heavy atom. The molecule has 5 nitrogen and oxygen atoms in total. The van der Waals surface area contributed by atoms with Crippen molar-refractivity contribution >= 4 is 16.5 Å². The van der Waals surface area contributed by atoms with Crippen LogP contribution >= 0.6 is 11.3 Å². The van der Waals surface area contributed by atoms with Gasteiger partial charge in [0.1, 0.15) is 0 Å². The van der Waals surface area contributed by atoms with E-state index in [0.717, 1.165) is 23.9 Å². The third-order valence-corrected chi connectivity index (χ3v) is 6.08. The number of benzene rings is 1. The highest BCUT2D eigenvalue weighted by Crippen LogP contribution is 2.45. The van der Waals surface area contributed by atoms with Crippen molar-refractivity contribution in [3.05, 3.63) is 46.5 Å². The molecular formula is C19H27N3O2S. The monoisotopic (exact) mass is 361 g/mol. The Balaban J connectivity index is 1.84. The summed E-state index contributed by atoms with van der Waals surface area (Å²) in [6, 6.07) is 10.8. The fourth-order valence-corrected chi connectivity index (χ4v) is 4.59. The number of methoxy groups -OCH3 is 1. The summed E-state index contributed by atoms with van der Waals surface area (Å²) in [5.74, 6) is 0.297. The molecule has 1 aromatic carbocycles. The number of aliphatic hydroxyl groups is 1. The highest BCUT2D eigenvalue weighted by Gasteiger charge is 2.49. The number of ether oxygens (including phenoxy) is 1. The van der Waals surface area contributed by atoms with E-state index in [1.165, 1.54) is 10.4 Å². The lowest BCUT2D eigenvalue weighted by atomic mass is 9.75. The largest absolute Gasteiger partial charge is 0.394 e. The summed E-state index contributed by atoms with van der Waals surface area (Å²) >= 11 is 1.71. The predicted octanol–water partition coefficient (Wildman–Crippen LogP) is 2.33. The third kappa shape index (κ3) is 3.72. The summed E-state index contributed by atoms with van der Waals surface area (Å²) in [4.78, 5) is 8.26. The van der Waals surface area contributed by atoms with Crippen LogP contribution < -0.4 is 10.2 Å². The molecule has 1 aromatic heterocycles. The molecule has 3 rings (SSSR count). The first-order valence-electron chi connectivity index (χ1n) is 8.75. The Hall–Kier alpha value is -1.47. The second kappa shape index (κ2) is 8.27. The molecule has 2 heterocycles. The zero-order valence-electron chi connectivity index (χ0n) is 15.1. The van der Waals surface area contributed by atoms with Crippen molar-refractivity contribution in [2.75, 3.05) is 38.3 Å². The van der Waals surface area contributed by atoms with E-state index in [4.69, 9.17) is 9.72 Å². The van der Waals surface area contributed by atoms with Gasteiger partial charge in [-0.25, -0.2) is 4.98 Å². The number of rotatable bonds is 8. The average Bonchev–Trinajstić information content (AvgIpc) is 2.92. The van der Waals surface area contributed by atoms with E-state index in [-0.39, 0.29) is 18.7 Å². The van der Waals surface area contributed by atoms with Crippen LogP contribution in [0.5, 0.6) is 0 Å². The van der Waals surface area contributed by atoms with Gasteiger partial charge in [0.2, 0.25) is 0 Å². The molecule has 1 aliphatic heterocycles. The van der Waals surface area contributed by atoms with Crippen LogP contribution in [0.15, 0.2) is 30.3 Å². The van der Waals surface area contributed by atoms with Crippen LogP contribution in [0, 0.1) is 13.8 Å². The van der Waals surface area contributed by atoms with Crippen LogP contribution in [0.3, 0.4) is 0 Å². The van der Waals surface area contributed by atoms with Crippen molar-refractivity contribution in [1.82, 2.24) is 10.3 Å². The van der Waals surface area contributed by atoms with Gasteiger partial charge in [0.25, 0.3) is 0 Å². The van der Waals surface area contributed by atoms with E-state index >= 15 is 0 Å². The van der Waals surface area contributed by atoms with Crippen molar-refractivity contribution in [3.63, 3.8) is 0 Å². The summed E-state index contributed by atoms with van der Waals surface area (Å²) in [6.45, 7) is 6.64. The molecule has 0 spiro atoms. The molecule has 0 bridgehead atoms. The molecule has 1 aliphatic rings. The van der Waals surface area contributed by atoms with E-state index < -0.39 is 0 Å². The first kappa shape index (κ1) is 18.3. The quantitative estimate of drug-likeness (QED) is 0.707. The molecule has 6 heteroatoms. The van der Waals surface area contributed by atoms with Crippen molar-refractivity contribution in [3.8, 4) is 0 Å². The zero-order valence-corrected chi connectivity index (χ0v) is 15.9. The predicted molar refractivity (Wildman–Crippen MR) is 103 cm³/mol. The van der Waals surface area contributed by atoms with Crippen molar-refractivity contribution in [1.29, 1.82) is 0 Å². The maximum absolute atomic E-state index is 10.0. The Bertz CT molecular complexity index is 657. The molecule has 0 amide bonds. The molecule has 25 heavy (non-hydrogen) atoms. The Labute approximate surface area is 153 Å². The third-order valence-electron chi connectivity index (χ3n) is 4.99. The number of hydrogen-bond acceptors (Lipinski definition) is 6. The first-order valence-corrected chi connectivity index (χ1v) is 9.56. The van der Waals surface area contributed by atoms with Crippen LogP contribution in [0.2, 0.25) is 0 Å². The number of thiazole rings is 1. The summed E-state index contributed by atoms with van der Waals surface area (Å²) in [7, 11) is 1.72. The molecule has 1 fully saturated rings. The Morgan fingerprint density at radius 2 is 2.00 bits per heavy atom. The zero-order chi connectivity index (χ0) is 17.8. The minimum atomic E-state index is 0.0709. The number of nitrogens with zero attached hydrogens (tertiary/aromatic N) is 2. The Kier molecular flexibility index (Phi) is 6.06. The van der Waals surface area contributed by atoms with Gasteiger partial charge in [-0.15, -0.1) is 11.3 Å². The summed E-state index contributed by atoms with van der Waals surface area (Å²) in [5, 5.41) is 14.5. The van der Waals surface area contributed by atoms with Crippen molar-refractivity contribution in [2.24, 2.45) is 0 Å². The fraction of sp³-hybridized carbons (Fsp3) is 0.526. The molecule has 136 valence electrons. The standard InChI is InChI=1S/C19H27N3O2S/c1-13-14(2)25-19(21-13)22-16(11-20-9-10-24-3)18(17(22)12-23)15-7-5-4-6-8-15/h4-8,16-18,20,23H,9-12H2,1-3H3/t16-,17+,18+/m1/s1. The molecule has 0 unspecified atom stereocenters. The number of nitrogens with one attached hydrogen (secondary N) is 1. The van der Waals surface area contributed by atoms with Crippen molar-refractivity contribution in [2.45, 2.75) is 31.8 Å².